The molecule has 0 atom stereocenters. The Kier molecular flexibility index (Phi) is 5.59. The summed E-state index contributed by atoms with van der Waals surface area (Å²) in [6.45, 7) is 0. The Morgan fingerprint density at radius 3 is 1.75 bits per heavy atom. The molecule has 1 aliphatic heterocycles. The highest BCUT2D eigenvalue weighted by Crippen LogP contribution is 2.64. The van der Waals surface area contributed by atoms with Gasteiger partial charge in [-0.2, -0.15) is 0 Å². The number of benzene rings is 9. The van der Waals surface area contributed by atoms with Crippen LogP contribution in [0.4, 0.5) is 0 Å². The van der Waals surface area contributed by atoms with Gasteiger partial charge in [0.15, 0.2) is 0 Å². The first-order chi connectivity index (χ1) is 27.3. The van der Waals surface area contributed by atoms with Crippen molar-refractivity contribution in [2.75, 3.05) is 0 Å². The minimum Gasteiger partial charge on any atom is -0.456 e. The highest BCUT2D eigenvalue weighted by atomic mass is 16.5. The van der Waals surface area contributed by atoms with E-state index in [-0.39, 0.29) is 5.41 Å². The van der Waals surface area contributed by atoms with Crippen molar-refractivity contribution >= 4 is 32.7 Å². The van der Waals surface area contributed by atoms with Crippen LogP contribution in [-0.2, 0) is 5.41 Å². The third-order valence-corrected chi connectivity index (χ3v) is 12.5. The quantitative estimate of drug-likeness (QED) is 0.179. The molecule has 55 heavy (non-hydrogen) atoms. The maximum Gasteiger partial charge on any atom is 0.135 e. The Morgan fingerprint density at radius 1 is 0.327 bits per heavy atom. The summed E-state index contributed by atoms with van der Waals surface area (Å²) in [4.78, 5) is 0. The Labute approximate surface area is 317 Å². The molecule has 2 aliphatic carbocycles. The van der Waals surface area contributed by atoms with Gasteiger partial charge in [0.2, 0.25) is 0 Å². The smallest absolute Gasteiger partial charge is 0.135 e. The summed E-state index contributed by atoms with van der Waals surface area (Å²) < 4.78 is 12.9. The molecule has 0 unspecified atom stereocenters. The standard InChI is InChI=1S/C53H30O2/c1-5-18-43-35(11-1)36-12-2-6-19-44(36)53(43)45-20-7-3-14-40(45)51-34(15-10-21-46(51)53)32-24-27-49-42(30-32)39-17-9-16-38-33(25-28-50(55-49)52(38)39)31-23-26-48-41(29-31)37-13-4-8-22-47(37)54-48/h1-30H. The van der Waals surface area contributed by atoms with Crippen LogP contribution in [0.2, 0.25) is 0 Å². The van der Waals surface area contributed by atoms with E-state index in [1.54, 1.807) is 0 Å². The minimum absolute atomic E-state index is 0.376. The maximum atomic E-state index is 6.73. The average Bonchev–Trinajstić information content (AvgIpc) is 3.88. The first-order valence-corrected chi connectivity index (χ1v) is 19.0. The van der Waals surface area contributed by atoms with Crippen LogP contribution >= 0.6 is 0 Å². The topological polar surface area (TPSA) is 22.4 Å². The summed E-state index contributed by atoms with van der Waals surface area (Å²) in [5.74, 6) is 1.77. The lowest BCUT2D eigenvalue weighted by Crippen LogP contribution is -2.25. The Morgan fingerprint density at radius 2 is 0.909 bits per heavy atom. The fourth-order valence-electron chi connectivity index (χ4n) is 10.3. The largest absolute Gasteiger partial charge is 0.456 e. The van der Waals surface area contributed by atoms with Gasteiger partial charge in [-0.05, 0) is 114 Å². The van der Waals surface area contributed by atoms with E-state index in [1.807, 2.05) is 12.1 Å². The van der Waals surface area contributed by atoms with Gasteiger partial charge in [-0.15, -0.1) is 0 Å². The van der Waals surface area contributed by atoms with Gasteiger partial charge in [-0.3, -0.25) is 0 Å². The normalized spacial score (nSPS) is 13.7. The average molecular weight is 699 g/mol. The number of ether oxygens (including phenoxy) is 1. The van der Waals surface area contributed by atoms with E-state index in [2.05, 4.69) is 170 Å². The van der Waals surface area contributed by atoms with Gasteiger partial charge in [0, 0.05) is 21.7 Å². The number of hydrogen-bond acceptors (Lipinski definition) is 2. The molecule has 0 amide bonds. The van der Waals surface area contributed by atoms with Gasteiger partial charge < -0.3 is 9.15 Å². The number of hydrogen-bond donors (Lipinski definition) is 0. The van der Waals surface area contributed by atoms with E-state index in [0.29, 0.717) is 0 Å². The molecule has 10 aromatic rings. The fourth-order valence-corrected chi connectivity index (χ4v) is 10.3. The minimum atomic E-state index is -0.376. The molecule has 0 saturated carbocycles. The Bertz CT molecular complexity index is 3260. The predicted octanol–water partition coefficient (Wildman–Crippen LogP) is 14.2. The number of fused-ring (bicyclic) bond motifs is 15. The molecule has 2 nitrogen and oxygen atoms in total. The number of furan rings is 1. The fraction of sp³-hybridized carbons (Fsp3) is 0.0189. The van der Waals surface area contributed by atoms with Crippen molar-refractivity contribution in [3.8, 4) is 67.1 Å². The van der Waals surface area contributed by atoms with Gasteiger partial charge in [-0.1, -0.05) is 146 Å². The second-order valence-electron chi connectivity index (χ2n) is 15.1. The highest BCUT2D eigenvalue weighted by Gasteiger charge is 2.52. The van der Waals surface area contributed by atoms with Crippen LogP contribution in [0.1, 0.15) is 22.3 Å². The summed E-state index contributed by atoms with van der Waals surface area (Å²) in [6.07, 6.45) is 0. The summed E-state index contributed by atoms with van der Waals surface area (Å²) in [6, 6.07) is 66.5. The van der Waals surface area contributed by atoms with Crippen molar-refractivity contribution in [1.29, 1.82) is 0 Å². The van der Waals surface area contributed by atoms with Crippen molar-refractivity contribution in [2.24, 2.45) is 0 Å². The van der Waals surface area contributed by atoms with Crippen LogP contribution in [0.5, 0.6) is 11.5 Å². The Hall–Kier alpha value is -7.16. The molecule has 2 heterocycles. The van der Waals surface area contributed by atoms with E-state index in [4.69, 9.17) is 9.15 Å². The monoisotopic (exact) mass is 698 g/mol. The highest BCUT2D eigenvalue weighted by molar-refractivity contribution is 6.12. The predicted molar refractivity (Wildman–Crippen MR) is 224 cm³/mol. The molecule has 3 aliphatic rings. The molecule has 9 aromatic carbocycles. The van der Waals surface area contributed by atoms with E-state index >= 15 is 0 Å². The first kappa shape index (κ1) is 29.3. The van der Waals surface area contributed by atoms with Gasteiger partial charge in [-0.25, -0.2) is 0 Å². The van der Waals surface area contributed by atoms with Gasteiger partial charge in [0.25, 0.3) is 0 Å². The van der Waals surface area contributed by atoms with Crippen LogP contribution in [-0.4, -0.2) is 0 Å². The third kappa shape index (κ3) is 3.69. The van der Waals surface area contributed by atoms with Crippen molar-refractivity contribution in [3.05, 3.63) is 204 Å². The summed E-state index contributed by atoms with van der Waals surface area (Å²) in [5.41, 5.74) is 19.1. The molecule has 0 bridgehead atoms. The molecule has 13 rings (SSSR count). The first-order valence-electron chi connectivity index (χ1n) is 19.0. The summed E-state index contributed by atoms with van der Waals surface area (Å²) in [7, 11) is 0. The Balaban J connectivity index is 1.01. The van der Waals surface area contributed by atoms with Gasteiger partial charge in [0.1, 0.15) is 22.7 Å². The molecular formula is C53H30O2. The third-order valence-electron chi connectivity index (χ3n) is 12.5. The van der Waals surface area contributed by atoms with E-state index in [9.17, 15) is 0 Å². The molecule has 2 heteroatoms. The molecule has 0 N–H and O–H groups in total. The second-order valence-corrected chi connectivity index (χ2v) is 15.1. The van der Waals surface area contributed by atoms with E-state index < -0.39 is 0 Å². The molecule has 0 fully saturated rings. The van der Waals surface area contributed by atoms with E-state index in [0.717, 1.165) is 50.0 Å². The molecule has 0 saturated heterocycles. The van der Waals surface area contributed by atoms with Crippen molar-refractivity contribution < 1.29 is 9.15 Å². The lowest BCUT2D eigenvalue weighted by atomic mass is 9.70. The zero-order valence-electron chi connectivity index (χ0n) is 29.6. The second kappa shape index (κ2) is 10.5. The van der Waals surface area contributed by atoms with Gasteiger partial charge >= 0.3 is 0 Å². The maximum absolute atomic E-state index is 6.73. The molecule has 254 valence electrons. The summed E-state index contributed by atoms with van der Waals surface area (Å²) >= 11 is 0. The lowest BCUT2D eigenvalue weighted by Gasteiger charge is -2.30. The van der Waals surface area contributed by atoms with Crippen molar-refractivity contribution in [3.63, 3.8) is 0 Å². The van der Waals surface area contributed by atoms with Gasteiger partial charge in [0.05, 0.1) is 5.41 Å². The molecule has 0 radical (unpaired) electrons. The number of para-hydroxylation sites is 1. The molecule has 1 aromatic heterocycles. The SMILES string of the molecule is c1ccc2c(c1)-c1ccccc1C21c2ccccc2-c2c(-c3ccc4c(c3)-c3cccc5c(-c6ccc7oc8ccccc8c7c6)ccc(c35)O4)cccc21. The van der Waals surface area contributed by atoms with Crippen LogP contribution in [0, 0.1) is 0 Å². The van der Waals surface area contributed by atoms with Crippen LogP contribution < -0.4 is 4.74 Å². The van der Waals surface area contributed by atoms with Crippen LogP contribution in [0.25, 0.3) is 88.3 Å². The van der Waals surface area contributed by atoms with Crippen LogP contribution in [0.3, 0.4) is 0 Å². The molecular weight excluding hydrogens is 669 g/mol. The number of rotatable bonds is 2. The van der Waals surface area contributed by atoms with Crippen molar-refractivity contribution in [2.45, 2.75) is 5.41 Å². The molecule has 1 spiro atoms. The van der Waals surface area contributed by atoms with Crippen molar-refractivity contribution in [1.82, 2.24) is 0 Å². The van der Waals surface area contributed by atoms with Crippen LogP contribution in [0.15, 0.2) is 186 Å². The lowest BCUT2D eigenvalue weighted by molar-refractivity contribution is 0.487. The summed E-state index contributed by atoms with van der Waals surface area (Å²) in [5, 5.41) is 4.58. The zero-order chi connectivity index (χ0) is 35.8. The zero-order valence-corrected chi connectivity index (χ0v) is 29.6. The van der Waals surface area contributed by atoms with E-state index in [1.165, 1.54) is 72.1 Å².